The van der Waals surface area contributed by atoms with Gasteiger partial charge in [0.25, 0.3) is 0 Å². The second-order valence-electron chi connectivity index (χ2n) is 7.03. The van der Waals surface area contributed by atoms with E-state index < -0.39 is 0 Å². The van der Waals surface area contributed by atoms with Gasteiger partial charge in [-0.2, -0.15) is 0 Å². The number of para-hydroxylation sites is 1. The Morgan fingerprint density at radius 3 is 2.92 bits per heavy atom. The minimum absolute atomic E-state index is 0.119. The van der Waals surface area contributed by atoms with Crippen molar-refractivity contribution in [1.29, 1.82) is 0 Å². The highest BCUT2D eigenvalue weighted by molar-refractivity contribution is 5.97. The van der Waals surface area contributed by atoms with Crippen LogP contribution in [0.4, 0.5) is 5.69 Å². The summed E-state index contributed by atoms with van der Waals surface area (Å²) < 4.78 is 0. The number of hydrogen-bond donors (Lipinski definition) is 1. The van der Waals surface area contributed by atoms with Crippen LogP contribution in [0.2, 0.25) is 0 Å². The number of benzene rings is 1. The van der Waals surface area contributed by atoms with Crippen molar-refractivity contribution in [1.82, 2.24) is 4.90 Å². The molecular formula is C19H27N3O2. The molecule has 0 aliphatic carbocycles. The highest BCUT2D eigenvalue weighted by Gasteiger charge is 2.28. The fourth-order valence-corrected chi connectivity index (χ4v) is 3.77. The molecule has 3 rings (SSSR count). The van der Waals surface area contributed by atoms with Crippen molar-refractivity contribution in [2.75, 3.05) is 24.5 Å². The van der Waals surface area contributed by atoms with Gasteiger partial charge in [0.05, 0.1) is 0 Å². The number of amides is 2. The van der Waals surface area contributed by atoms with Crippen LogP contribution >= 0.6 is 0 Å². The molecule has 1 aromatic rings. The topological polar surface area (TPSA) is 66.6 Å². The number of nitrogens with two attached hydrogens (primary N) is 1. The largest absolute Gasteiger partial charge is 0.342 e. The molecule has 2 heterocycles. The summed E-state index contributed by atoms with van der Waals surface area (Å²) >= 11 is 0. The minimum atomic E-state index is 0.119. The van der Waals surface area contributed by atoms with Gasteiger partial charge in [0.2, 0.25) is 11.8 Å². The van der Waals surface area contributed by atoms with Crippen LogP contribution in [0.25, 0.3) is 0 Å². The molecule has 1 aromatic carbocycles. The zero-order chi connectivity index (χ0) is 17.1. The number of carbonyl (C=O) groups excluding carboxylic acids is 2. The summed E-state index contributed by atoms with van der Waals surface area (Å²) in [7, 11) is 0. The molecule has 5 nitrogen and oxygen atoms in total. The van der Waals surface area contributed by atoms with Crippen LogP contribution in [-0.2, 0) is 16.0 Å². The first-order valence-electron chi connectivity index (χ1n) is 8.98. The van der Waals surface area contributed by atoms with Crippen LogP contribution in [0.15, 0.2) is 24.3 Å². The maximum absolute atomic E-state index is 12.6. The number of anilines is 1. The molecule has 2 unspecified atom stereocenters. The summed E-state index contributed by atoms with van der Waals surface area (Å²) in [6.45, 7) is 4.05. The van der Waals surface area contributed by atoms with Crippen molar-refractivity contribution in [2.24, 2.45) is 11.7 Å². The first-order valence-corrected chi connectivity index (χ1v) is 8.98. The van der Waals surface area contributed by atoms with Gasteiger partial charge in [-0.15, -0.1) is 0 Å². The standard InChI is InChI=1S/C19H27N3O2/c1-14(20)16-6-4-11-21(13-16)18(23)10-12-22-17-7-3-2-5-15(17)8-9-19(22)24/h2-3,5,7,14,16H,4,6,8-13,20H2,1H3. The number of aryl methyl sites for hydroxylation is 1. The second-order valence-corrected chi connectivity index (χ2v) is 7.03. The molecule has 2 N–H and O–H groups in total. The van der Waals surface area contributed by atoms with E-state index in [-0.39, 0.29) is 17.9 Å². The number of piperidine rings is 1. The van der Waals surface area contributed by atoms with Crippen LogP contribution in [0.5, 0.6) is 0 Å². The van der Waals surface area contributed by atoms with Gasteiger partial charge >= 0.3 is 0 Å². The second kappa shape index (κ2) is 7.34. The van der Waals surface area contributed by atoms with Crippen LogP contribution in [0.3, 0.4) is 0 Å². The first kappa shape index (κ1) is 17.0. The average molecular weight is 329 g/mol. The molecule has 0 spiro atoms. The quantitative estimate of drug-likeness (QED) is 0.918. The first-order chi connectivity index (χ1) is 11.6. The van der Waals surface area contributed by atoms with Gasteiger partial charge in [0, 0.05) is 44.2 Å². The summed E-state index contributed by atoms with van der Waals surface area (Å²) in [6, 6.07) is 8.11. The van der Waals surface area contributed by atoms with Gasteiger partial charge in [-0.3, -0.25) is 9.59 Å². The SMILES string of the molecule is CC(N)C1CCCN(C(=O)CCN2C(=O)CCc3ccccc32)C1. The monoisotopic (exact) mass is 329 g/mol. The Morgan fingerprint density at radius 2 is 2.12 bits per heavy atom. The molecule has 0 bridgehead atoms. The summed E-state index contributed by atoms with van der Waals surface area (Å²) in [6.07, 6.45) is 3.82. The number of hydrogen-bond acceptors (Lipinski definition) is 3. The third-order valence-electron chi connectivity index (χ3n) is 5.30. The lowest BCUT2D eigenvalue weighted by Gasteiger charge is -2.35. The van der Waals surface area contributed by atoms with Gasteiger partial charge in [-0.05, 0) is 43.7 Å². The lowest BCUT2D eigenvalue weighted by molar-refractivity contribution is -0.133. The predicted octanol–water partition coefficient (Wildman–Crippen LogP) is 1.94. The van der Waals surface area contributed by atoms with Crippen molar-refractivity contribution < 1.29 is 9.59 Å². The lowest BCUT2D eigenvalue weighted by Crippen LogP contribution is -2.46. The maximum atomic E-state index is 12.6. The Bertz CT molecular complexity index is 614. The number of fused-ring (bicyclic) bond motifs is 1. The van der Waals surface area contributed by atoms with E-state index in [1.807, 2.05) is 30.0 Å². The van der Waals surface area contributed by atoms with Crippen LogP contribution < -0.4 is 10.6 Å². The molecule has 2 aliphatic heterocycles. The molecule has 24 heavy (non-hydrogen) atoms. The van der Waals surface area contributed by atoms with Gasteiger partial charge in [0.15, 0.2) is 0 Å². The Balaban J connectivity index is 1.61. The highest BCUT2D eigenvalue weighted by atomic mass is 16.2. The van der Waals surface area contributed by atoms with Crippen LogP contribution in [-0.4, -0.2) is 42.4 Å². The number of nitrogens with zero attached hydrogens (tertiary/aromatic N) is 2. The molecule has 0 saturated carbocycles. The summed E-state index contributed by atoms with van der Waals surface area (Å²) in [5.41, 5.74) is 8.16. The molecule has 130 valence electrons. The zero-order valence-corrected chi connectivity index (χ0v) is 14.4. The Morgan fingerprint density at radius 1 is 1.33 bits per heavy atom. The van der Waals surface area contributed by atoms with E-state index in [0.29, 0.717) is 25.3 Å². The van der Waals surface area contributed by atoms with E-state index in [4.69, 9.17) is 5.73 Å². The Hall–Kier alpha value is -1.88. The Labute approximate surface area is 143 Å². The zero-order valence-electron chi connectivity index (χ0n) is 14.4. The van der Waals surface area contributed by atoms with E-state index >= 15 is 0 Å². The van der Waals surface area contributed by atoms with Crippen molar-refractivity contribution in [2.45, 2.75) is 45.1 Å². The van der Waals surface area contributed by atoms with Crippen molar-refractivity contribution in [3.8, 4) is 0 Å². The molecule has 5 heteroatoms. The average Bonchev–Trinajstić information content (AvgIpc) is 2.60. The van der Waals surface area contributed by atoms with E-state index in [1.54, 1.807) is 4.90 Å². The summed E-state index contributed by atoms with van der Waals surface area (Å²) in [4.78, 5) is 28.6. The highest BCUT2D eigenvalue weighted by Crippen LogP contribution is 2.28. The summed E-state index contributed by atoms with van der Waals surface area (Å²) in [5, 5.41) is 0. The molecule has 1 fully saturated rings. The minimum Gasteiger partial charge on any atom is -0.342 e. The van der Waals surface area contributed by atoms with Gasteiger partial charge in [0.1, 0.15) is 0 Å². The fraction of sp³-hybridized carbons (Fsp3) is 0.579. The van der Waals surface area contributed by atoms with Gasteiger partial charge < -0.3 is 15.5 Å². The molecule has 0 radical (unpaired) electrons. The van der Waals surface area contributed by atoms with Crippen molar-refractivity contribution in [3.05, 3.63) is 29.8 Å². The number of likely N-dealkylation sites (tertiary alicyclic amines) is 1. The van der Waals surface area contributed by atoms with Crippen molar-refractivity contribution in [3.63, 3.8) is 0 Å². The molecular weight excluding hydrogens is 302 g/mol. The van der Waals surface area contributed by atoms with Gasteiger partial charge in [-0.1, -0.05) is 18.2 Å². The van der Waals surface area contributed by atoms with Crippen molar-refractivity contribution >= 4 is 17.5 Å². The van der Waals surface area contributed by atoms with E-state index in [1.165, 1.54) is 5.56 Å². The fourth-order valence-electron chi connectivity index (χ4n) is 3.77. The number of carbonyl (C=O) groups is 2. The predicted molar refractivity (Wildman–Crippen MR) is 94.7 cm³/mol. The number of rotatable bonds is 4. The molecule has 2 amide bonds. The smallest absolute Gasteiger partial charge is 0.227 e. The Kier molecular flexibility index (Phi) is 5.19. The summed E-state index contributed by atoms with van der Waals surface area (Å²) in [5.74, 6) is 0.643. The van der Waals surface area contributed by atoms with E-state index in [2.05, 4.69) is 6.07 Å². The molecule has 2 aliphatic rings. The molecule has 1 saturated heterocycles. The van der Waals surface area contributed by atoms with Crippen LogP contribution in [0.1, 0.15) is 38.2 Å². The maximum Gasteiger partial charge on any atom is 0.227 e. The third-order valence-corrected chi connectivity index (χ3v) is 5.30. The lowest BCUT2D eigenvalue weighted by atomic mass is 9.92. The van der Waals surface area contributed by atoms with E-state index in [0.717, 1.165) is 38.0 Å². The van der Waals surface area contributed by atoms with Crippen LogP contribution in [0, 0.1) is 5.92 Å². The third kappa shape index (κ3) is 3.61. The van der Waals surface area contributed by atoms with E-state index in [9.17, 15) is 9.59 Å². The van der Waals surface area contributed by atoms with Gasteiger partial charge in [-0.25, -0.2) is 0 Å². The molecule has 2 atom stereocenters. The molecule has 0 aromatic heterocycles. The normalized spacial score (nSPS) is 22.2.